The van der Waals surface area contributed by atoms with Gasteiger partial charge in [0.25, 0.3) is 11.2 Å². The van der Waals surface area contributed by atoms with Crippen LogP contribution in [0.5, 0.6) is 11.6 Å². The van der Waals surface area contributed by atoms with Gasteiger partial charge in [0.05, 0.1) is 10.5 Å². The number of benzene rings is 1. The van der Waals surface area contributed by atoms with Crippen LogP contribution in [0.1, 0.15) is 11.1 Å². The Hall–Kier alpha value is -3.74. The molecular formula is C14H11N5O5. The van der Waals surface area contributed by atoms with Crippen LogP contribution >= 0.6 is 0 Å². The molecule has 0 saturated carbocycles. The molecular weight excluding hydrogens is 318 g/mol. The van der Waals surface area contributed by atoms with E-state index in [2.05, 4.69) is 10.2 Å². The van der Waals surface area contributed by atoms with Crippen molar-refractivity contribution in [2.24, 2.45) is 17.3 Å². The number of nitro benzene ring substituents is 1. The molecule has 0 bridgehead atoms. The molecule has 0 saturated heterocycles. The first-order valence-corrected chi connectivity index (χ1v) is 6.49. The lowest BCUT2D eigenvalue weighted by molar-refractivity contribution is -0.384. The summed E-state index contributed by atoms with van der Waals surface area (Å²) < 4.78 is 0.887. The van der Waals surface area contributed by atoms with Crippen molar-refractivity contribution < 1.29 is 15.1 Å². The third kappa shape index (κ3) is 2.78. The number of nitrogens with zero attached hydrogens (tertiary/aromatic N) is 5. The Morgan fingerprint density at radius 3 is 2.58 bits per heavy atom. The Kier molecular flexibility index (Phi) is 4.28. The van der Waals surface area contributed by atoms with Crippen molar-refractivity contribution in [3.63, 3.8) is 0 Å². The van der Waals surface area contributed by atoms with E-state index in [1.165, 1.54) is 14.0 Å². The first-order chi connectivity index (χ1) is 11.3. The van der Waals surface area contributed by atoms with Gasteiger partial charge in [-0.15, -0.1) is 10.2 Å². The Labute approximate surface area is 134 Å². The molecule has 0 aliphatic rings. The highest BCUT2D eigenvalue weighted by atomic mass is 16.6. The Morgan fingerprint density at radius 1 is 1.33 bits per heavy atom. The minimum absolute atomic E-state index is 0.136. The van der Waals surface area contributed by atoms with E-state index < -0.39 is 10.5 Å². The summed E-state index contributed by atoms with van der Waals surface area (Å²) in [5, 5.41) is 46.6. The lowest BCUT2D eigenvalue weighted by Gasteiger charge is -2.08. The zero-order chi connectivity index (χ0) is 18.0. The van der Waals surface area contributed by atoms with E-state index in [0.29, 0.717) is 0 Å². The van der Waals surface area contributed by atoms with Gasteiger partial charge in [-0.2, -0.15) is 5.26 Å². The molecule has 0 amide bonds. The van der Waals surface area contributed by atoms with Crippen molar-refractivity contribution in [3.05, 3.63) is 49.8 Å². The summed E-state index contributed by atoms with van der Waals surface area (Å²) >= 11 is 0. The van der Waals surface area contributed by atoms with Gasteiger partial charge < -0.3 is 10.2 Å². The summed E-state index contributed by atoms with van der Waals surface area (Å²) in [6.07, 6.45) is 0. The Morgan fingerprint density at radius 2 is 2.00 bits per heavy atom. The fourth-order valence-corrected chi connectivity index (χ4v) is 1.94. The largest absolute Gasteiger partial charge is 0.506 e. The maximum atomic E-state index is 12.1. The maximum absolute atomic E-state index is 12.1. The minimum Gasteiger partial charge on any atom is -0.506 e. The SMILES string of the molecule is Cc1c(C#N)c(N=Nc2cc([N+](=O)[O-])ccc2O)c(=O)n(C)c1O. The fourth-order valence-electron chi connectivity index (χ4n) is 1.94. The van der Waals surface area contributed by atoms with E-state index in [9.17, 15) is 25.1 Å². The second-order valence-corrected chi connectivity index (χ2v) is 4.78. The van der Waals surface area contributed by atoms with E-state index in [4.69, 9.17) is 5.26 Å². The van der Waals surface area contributed by atoms with Crippen molar-refractivity contribution >= 4 is 17.1 Å². The second-order valence-electron chi connectivity index (χ2n) is 4.78. The summed E-state index contributed by atoms with van der Waals surface area (Å²) in [4.78, 5) is 22.2. The van der Waals surface area contributed by atoms with Crippen LogP contribution in [-0.2, 0) is 7.05 Å². The topological polar surface area (TPSA) is 154 Å². The Bertz CT molecular complexity index is 971. The number of nitriles is 1. The number of pyridine rings is 1. The highest BCUT2D eigenvalue weighted by molar-refractivity contribution is 5.60. The predicted molar refractivity (Wildman–Crippen MR) is 81.7 cm³/mol. The van der Waals surface area contributed by atoms with Gasteiger partial charge in [-0.25, -0.2) is 0 Å². The van der Waals surface area contributed by atoms with Gasteiger partial charge >= 0.3 is 0 Å². The van der Waals surface area contributed by atoms with E-state index in [1.807, 2.05) is 0 Å². The number of rotatable bonds is 3. The molecule has 0 aliphatic carbocycles. The van der Waals surface area contributed by atoms with Crippen LogP contribution in [0.4, 0.5) is 17.1 Å². The van der Waals surface area contributed by atoms with E-state index in [0.717, 1.165) is 22.8 Å². The van der Waals surface area contributed by atoms with Crippen LogP contribution in [0.3, 0.4) is 0 Å². The molecule has 1 heterocycles. The summed E-state index contributed by atoms with van der Waals surface area (Å²) in [5.41, 5.74) is -1.72. The monoisotopic (exact) mass is 329 g/mol. The number of hydrogen-bond donors (Lipinski definition) is 2. The molecule has 0 radical (unpaired) electrons. The van der Waals surface area contributed by atoms with Crippen molar-refractivity contribution in [3.8, 4) is 17.7 Å². The summed E-state index contributed by atoms with van der Waals surface area (Å²) in [5.74, 6) is -0.760. The number of non-ortho nitro benzene ring substituents is 1. The molecule has 10 nitrogen and oxygen atoms in total. The lowest BCUT2D eigenvalue weighted by Crippen LogP contribution is -2.18. The minimum atomic E-state index is -0.775. The molecule has 2 aromatic rings. The van der Waals surface area contributed by atoms with Crippen molar-refractivity contribution in [2.75, 3.05) is 0 Å². The van der Waals surface area contributed by atoms with Gasteiger partial charge in [-0.3, -0.25) is 19.5 Å². The van der Waals surface area contributed by atoms with Crippen LogP contribution < -0.4 is 5.56 Å². The molecule has 0 fully saturated rings. The summed E-state index contributed by atoms with van der Waals surface area (Å²) in [6, 6.07) is 4.88. The summed E-state index contributed by atoms with van der Waals surface area (Å²) in [7, 11) is 1.29. The zero-order valence-corrected chi connectivity index (χ0v) is 12.6. The first kappa shape index (κ1) is 16.6. The lowest BCUT2D eigenvalue weighted by atomic mass is 10.1. The third-order valence-electron chi connectivity index (χ3n) is 3.31. The molecule has 2 N–H and O–H groups in total. The van der Waals surface area contributed by atoms with Gasteiger partial charge in [-0.05, 0) is 13.0 Å². The number of aromatic nitrogens is 1. The number of phenolic OH excluding ortho intramolecular Hbond substituents is 1. The molecule has 0 unspecified atom stereocenters. The smallest absolute Gasteiger partial charge is 0.282 e. The number of nitro groups is 1. The predicted octanol–water partition coefficient (Wildman–Crippen LogP) is 2.30. The molecule has 0 aliphatic heterocycles. The van der Waals surface area contributed by atoms with E-state index in [1.54, 1.807) is 6.07 Å². The van der Waals surface area contributed by atoms with E-state index in [-0.39, 0.29) is 39.8 Å². The molecule has 1 aromatic heterocycles. The normalized spacial score (nSPS) is 10.7. The molecule has 0 atom stereocenters. The highest BCUT2D eigenvalue weighted by Crippen LogP contribution is 2.32. The number of azo groups is 1. The number of aromatic hydroxyl groups is 2. The van der Waals surface area contributed by atoms with E-state index >= 15 is 0 Å². The molecule has 0 spiro atoms. The quantitative estimate of drug-likeness (QED) is 0.500. The van der Waals surface area contributed by atoms with Gasteiger partial charge in [0, 0.05) is 24.7 Å². The second kappa shape index (κ2) is 6.17. The van der Waals surface area contributed by atoms with Crippen molar-refractivity contribution in [1.29, 1.82) is 5.26 Å². The standard InChI is InChI=1S/C14H11N5O5/c1-7-9(6-15)12(14(22)18(2)13(7)21)17-16-10-5-8(19(23)24)3-4-11(10)20/h3-5,20-21H,1-2H3. The number of hydrogen-bond acceptors (Lipinski definition) is 8. The average Bonchev–Trinajstić information content (AvgIpc) is 2.56. The van der Waals surface area contributed by atoms with Crippen LogP contribution in [-0.4, -0.2) is 19.7 Å². The third-order valence-corrected chi connectivity index (χ3v) is 3.31. The average molecular weight is 329 g/mol. The maximum Gasteiger partial charge on any atom is 0.282 e. The highest BCUT2D eigenvalue weighted by Gasteiger charge is 2.17. The molecule has 1 aromatic carbocycles. The van der Waals surface area contributed by atoms with Crippen LogP contribution in [0.25, 0.3) is 0 Å². The molecule has 24 heavy (non-hydrogen) atoms. The van der Waals surface area contributed by atoms with Gasteiger partial charge in [0.2, 0.25) is 0 Å². The fraction of sp³-hybridized carbons (Fsp3) is 0.143. The molecule has 2 rings (SSSR count). The van der Waals surface area contributed by atoms with Gasteiger partial charge in [0.15, 0.2) is 11.6 Å². The van der Waals surface area contributed by atoms with Crippen LogP contribution in [0.2, 0.25) is 0 Å². The van der Waals surface area contributed by atoms with Gasteiger partial charge in [0.1, 0.15) is 17.5 Å². The Balaban J connectivity index is 2.63. The molecule has 122 valence electrons. The van der Waals surface area contributed by atoms with Gasteiger partial charge in [-0.1, -0.05) is 0 Å². The number of phenols is 1. The van der Waals surface area contributed by atoms with Crippen LogP contribution in [0, 0.1) is 28.4 Å². The molecule has 10 heteroatoms. The first-order valence-electron chi connectivity index (χ1n) is 6.49. The van der Waals surface area contributed by atoms with Crippen molar-refractivity contribution in [2.45, 2.75) is 6.92 Å². The van der Waals surface area contributed by atoms with Crippen LogP contribution in [0.15, 0.2) is 33.2 Å². The van der Waals surface area contributed by atoms with Crippen molar-refractivity contribution in [1.82, 2.24) is 4.57 Å². The summed E-state index contributed by atoms with van der Waals surface area (Å²) in [6.45, 7) is 1.43. The zero-order valence-electron chi connectivity index (χ0n) is 12.6.